The van der Waals surface area contributed by atoms with Gasteiger partial charge in [-0.3, -0.25) is 0 Å². The van der Waals surface area contributed by atoms with E-state index in [1.54, 1.807) is 4.90 Å². The maximum atomic E-state index is 12.5. The quantitative estimate of drug-likeness (QED) is 0.845. The summed E-state index contributed by atoms with van der Waals surface area (Å²) in [5.41, 5.74) is -0.783. The smallest absolute Gasteiger partial charge is 0.347 e. The lowest BCUT2D eigenvalue weighted by Gasteiger charge is -2.13. The minimum absolute atomic E-state index is 0.108. The SMILES string of the molecule is CC(C)c1nc(Sc2ccc(C(F)(F)F)cn2)nc(N(C)C)n1. The first-order valence-electron chi connectivity index (χ1n) is 6.81. The Morgan fingerprint density at radius 2 is 1.78 bits per heavy atom. The van der Waals surface area contributed by atoms with E-state index < -0.39 is 11.7 Å². The first-order valence-corrected chi connectivity index (χ1v) is 7.63. The highest BCUT2D eigenvalue weighted by molar-refractivity contribution is 7.99. The summed E-state index contributed by atoms with van der Waals surface area (Å²) in [5, 5.41) is 0.795. The molecule has 0 fully saturated rings. The molecule has 0 atom stereocenters. The van der Waals surface area contributed by atoms with Crippen molar-refractivity contribution in [3.8, 4) is 0 Å². The van der Waals surface area contributed by atoms with Crippen LogP contribution in [0.3, 0.4) is 0 Å². The minimum Gasteiger partial charge on any atom is -0.347 e. The Bertz CT molecular complexity index is 645. The molecule has 0 aliphatic rings. The maximum absolute atomic E-state index is 12.5. The number of anilines is 1. The van der Waals surface area contributed by atoms with Gasteiger partial charge < -0.3 is 4.90 Å². The molecule has 2 aromatic heterocycles. The molecular weight excluding hydrogens is 327 g/mol. The third-order valence-electron chi connectivity index (χ3n) is 2.80. The van der Waals surface area contributed by atoms with Gasteiger partial charge in [0.05, 0.1) is 5.56 Å². The van der Waals surface area contributed by atoms with E-state index in [0.29, 0.717) is 22.0 Å². The Hall–Kier alpha value is -1.90. The third-order valence-corrected chi connectivity index (χ3v) is 3.61. The lowest BCUT2D eigenvalue weighted by atomic mass is 10.2. The maximum Gasteiger partial charge on any atom is 0.417 e. The molecule has 0 unspecified atom stereocenters. The molecule has 0 spiro atoms. The average Bonchev–Trinajstić information content (AvgIpc) is 2.46. The van der Waals surface area contributed by atoms with E-state index >= 15 is 0 Å². The summed E-state index contributed by atoms with van der Waals surface area (Å²) in [6.07, 6.45) is -3.59. The normalized spacial score (nSPS) is 11.8. The van der Waals surface area contributed by atoms with E-state index in [0.717, 1.165) is 24.0 Å². The fraction of sp³-hybridized carbons (Fsp3) is 0.429. The van der Waals surface area contributed by atoms with Crippen LogP contribution in [0.5, 0.6) is 0 Å². The summed E-state index contributed by atoms with van der Waals surface area (Å²) < 4.78 is 37.6. The molecule has 2 rings (SSSR count). The molecule has 0 aromatic carbocycles. The van der Waals surface area contributed by atoms with Crippen LogP contribution in [0.2, 0.25) is 0 Å². The van der Waals surface area contributed by atoms with E-state index in [-0.39, 0.29) is 5.92 Å². The van der Waals surface area contributed by atoms with E-state index in [1.807, 2.05) is 27.9 Å². The first-order chi connectivity index (χ1) is 10.7. The molecule has 124 valence electrons. The zero-order valence-corrected chi connectivity index (χ0v) is 13.9. The van der Waals surface area contributed by atoms with Gasteiger partial charge in [-0.15, -0.1) is 0 Å². The van der Waals surface area contributed by atoms with Gasteiger partial charge in [0.1, 0.15) is 10.9 Å². The Kier molecular flexibility index (Phi) is 5.08. The number of halogens is 3. The number of nitrogens with zero attached hydrogens (tertiary/aromatic N) is 5. The number of aromatic nitrogens is 4. The number of rotatable bonds is 4. The van der Waals surface area contributed by atoms with E-state index in [4.69, 9.17) is 0 Å². The van der Waals surface area contributed by atoms with Gasteiger partial charge in [0.2, 0.25) is 5.95 Å². The van der Waals surface area contributed by atoms with Gasteiger partial charge in [-0.1, -0.05) is 13.8 Å². The highest BCUT2D eigenvalue weighted by Gasteiger charge is 2.30. The van der Waals surface area contributed by atoms with Crippen LogP contribution in [-0.4, -0.2) is 34.0 Å². The number of hydrogen-bond donors (Lipinski definition) is 0. The molecule has 0 aliphatic carbocycles. The van der Waals surface area contributed by atoms with Crippen LogP contribution in [-0.2, 0) is 6.18 Å². The van der Waals surface area contributed by atoms with Crippen molar-refractivity contribution >= 4 is 17.7 Å². The molecule has 0 N–H and O–H groups in total. The molecule has 0 amide bonds. The van der Waals surface area contributed by atoms with Crippen molar-refractivity contribution in [3.63, 3.8) is 0 Å². The molecule has 0 bridgehead atoms. The van der Waals surface area contributed by atoms with Crippen molar-refractivity contribution in [1.82, 2.24) is 19.9 Å². The van der Waals surface area contributed by atoms with Crippen LogP contribution >= 0.6 is 11.8 Å². The lowest BCUT2D eigenvalue weighted by Crippen LogP contribution is -2.15. The first kappa shape index (κ1) is 17.5. The summed E-state index contributed by atoms with van der Waals surface area (Å²) in [4.78, 5) is 18.5. The van der Waals surface area contributed by atoms with Gasteiger partial charge in [-0.05, 0) is 23.9 Å². The predicted octanol–water partition coefficient (Wildman–Crippen LogP) is 3.63. The second kappa shape index (κ2) is 6.69. The molecule has 2 aromatic rings. The molecule has 0 saturated carbocycles. The Morgan fingerprint density at radius 1 is 1.09 bits per heavy atom. The molecular formula is C14H16F3N5S. The zero-order valence-electron chi connectivity index (χ0n) is 13.1. The number of hydrogen-bond acceptors (Lipinski definition) is 6. The van der Waals surface area contributed by atoms with Crippen molar-refractivity contribution in [1.29, 1.82) is 0 Å². The largest absolute Gasteiger partial charge is 0.417 e. The number of pyridine rings is 1. The Balaban J connectivity index is 2.28. The molecule has 9 heteroatoms. The van der Waals surface area contributed by atoms with Crippen molar-refractivity contribution in [2.45, 2.75) is 36.1 Å². The fourth-order valence-electron chi connectivity index (χ4n) is 1.57. The van der Waals surface area contributed by atoms with Gasteiger partial charge in [-0.2, -0.15) is 23.1 Å². The predicted molar refractivity (Wildman–Crippen MR) is 81.6 cm³/mol. The molecule has 5 nitrogen and oxygen atoms in total. The topological polar surface area (TPSA) is 54.8 Å². The monoisotopic (exact) mass is 343 g/mol. The van der Waals surface area contributed by atoms with Crippen molar-refractivity contribution in [2.24, 2.45) is 0 Å². The average molecular weight is 343 g/mol. The highest BCUT2D eigenvalue weighted by atomic mass is 32.2. The minimum atomic E-state index is -4.40. The van der Waals surface area contributed by atoms with Gasteiger partial charge in [0.25, 0.3) is 0 Å². The van der Waals surface area contributed by atoms with Crippen LogP contribution in [0.4, 0.5) is 19.1 Å². The van der Waals surface area contributed by atoms with Gasteiger partial charge in [0, 0.05) is 26.2 Å². The summed E-state index contributed by atoms with van der Waals surface area (Å²) in [6, 6.07) is 2.30. The van der Waals surface area contributed by atoms with Gasteiger partial charge >= 0.3 is 6.18 Å². The molecule has 0 saturated heterocycles. The summed E-state index contributed by atoms with van der Waals surface area (Å²) in [6.45, 7) is 3.92. The number of alkyl halides is 3. The van der Waals surface area contributed by atoms with Crippen LogP contribution < -0.4 is 4.90 Å². The van der Waals surface area contributed by atoms with E-state index in [2.05, 4.69) is 19.9 Å². The van der Waals surface area contributed by atoms with Crippen molar-refractivity contribution in [3.05, 3.63) is 29.7 Å². The summed E-state index contributed by atoms with van der Waals surface area (Å²) in [5.74, 6) is 1.23. The second-order valence-corrected chi connectivity index (χ2v) is 6.30. The Labute approximate surface area is 136 Å². The van der Waals surface area contributed by atoms with Crippen LogP contribution in [0.25, 0.3) is 0 Å². The third kappa shape index (κ3) is 4.54. The van der Waals surface area contributed by atoms with E-state index in [9.17, 15) is 13.2 Å². The molecule has 0 aliphatic heterocycles. The zero-order chi connectivity index (χ0) is 17.2. The second-order valence-electron chi connectivity index (χ2n) is 5.31. The van der Waals surface area contributed by atoms with Crippen molar-refractivity contribution in [2.75, 3.05) is 19.0 Å². The summed E-state index contributed by atoms with van der Waals surface area (Å²) >= 11 is 1.10. The lowest BCUT2D eigenvalue weighted by molar-refractivity contribution is -0.137. The Morgan fingerprint density at radius 3 is 2.26 bits per heavy atom. The fourth-order valence-corrected chi connectivity index (χ4v) is 2.26. The van der Waals surface area contributed by atoms with Gasteiger partial charge in [-0.25, -0.2) is 9.97 Å². The summed E-state index contributed by atoms with van der Waals surface area (Å²) in [7, 11) is 3.62. The highest BCUT2D eigenvalue weighted by Crippen LogP contribution is 2.31. The standard InChI is InChI=1S/C14H16F3N5S/c1-8(2)11-19-12(22(3)4)21-13(20-11)23-10-6-5-9(7-18-10)14(15,16)17/h5-8H,1-4H3. The van der Waals surface area contributed by atoms with Crippen molar-refractivity contribution < 1.29 is 13.2 Å². The van der Waals surface area contributed by atoms with Crippen LogP contribution in [0, 0.1) is 0 Å². The van der Waals surface area contributed by atoms with Crippen LogP contribution in [0.15, 0.2) is 28.5 Å². The molecule has 23 heavy (non-hydrogen) atoms. The molecule has 2 heterocycles. The van der Waals surface area contributed by atoms with Gasteiger partial charge in [0.15, 0.2) is 5.16 Å². The molecule has 0 radical (unpaired) electrons. The van der Waals surface area contributed by atoms with Crippen LogP contribution in [0.1, 0.15) is 31.2 Å². The van der Waals surface area contributed by atoms with E-state index in [1.165, 1.54) is 6.07 Å².